The molecule has 178 valence electrons. The van der Waals surface area contributed by atoms with Crippen LogP contribution in [0.4, 0.5) is 5.69 Å². The van der Waals surface area contributed by atoms with Gasteiger partial charge in [-0.1, -0.05) is 42.5 Å². The summed E-state index contributed by atoms with van der Waals surface area (Å²) >= 11 is 0. The van der Waals surface area contributed by atoms with Crippen LogP contribution in [0.25, 0.3) is 0 Å². The molecule has 0 saturated carbocycles. The van der Waals surface area contributed by atoms with Gasteiger partial charge in [0.15, 0.2) is 11.0 Å². The minimum absolute atomic E-state index is 0.108. The summed E-state index contributed by atoms with van der Waals surface area (Å²) < 4.78 is 68.0. The van der Waals surface area contributed by atoms with Gasteiger partial charge in [-0.3, -0.25) is 14.3 Å². The summed E-state index contributed by atoms with van der Waals surface area (Å²) in [7, 11) is -8.45. The van der Waals surface area contributed by atoms with E-state index in [1.807, 2.05) is 30.3 Å². The van der Waals surface area contributed by atoms with Gasteiger partial charge in [-0.2, -0.15) is 8.42 Å². The van der Waals surface area contributed by atoms with Crippen LogP contribution < -0.4 is 4.72 Å². The van der Waals surface area contributed by atoms with Gasteiger partial charge in [-0.25, -0.2) is 13.1 Å². The molecular weight excluding hydrogens is 476 g/mol. The quantitative estimate of drug-likeness (QED) is 0.293. The molecule has 0 bridgehead atoms. The van der Waals surface area contributed by atoms with Crippen LogP contribution in [0.15, 0.2) is 71.8 Å². The monoisotopic (exact) mass is 498 g/mol. The average molecular weight is 499 g/mol. The summed E-state index contributed by atoms with van der Waals surface area (Å²) in [5.74, 6) is 0. The Morgan fingerprint density at radius 1 is 1.06 bits per heavy atom. The molecule has 3 rings (SSSR count). The van der Waals surface area contributed by atoms with E-state index in [0.717, 1.165) is 24.0 Å². The summed E-state index contributed by atoms with van der Waals surface area (Å²) in [5, 5.41) is 11.3. The zero-order chi connectivity index (χ0) is 24.1. The maximum Gasteiger partial charge on any atom is 0.289 e. The molecule has 0 aliphatic carbocycles. The van der Waals surface area contributed by atoms with E-state index in [1.54, 1.807) is 0 Å². The lowest BCUT2D eigenvalue weighted by Crippen LogP contribution is -2.53. The third-order valence-electron chi connectivity index (χ3n) is 4.58. The molecule has 0 amide bonds. The van der Waals surface area contributed by atoms with Crippen molar-refractivity contribution < 1.29 is 35.4 Å². The van der Waals surface area contributed by atoms with Crippen molar-refractivity contribution in [3.63, 3.8) is 0 Å². The lowest BCUT2D eigenvalue weighted by Gasteiger charge is -2.33. The molecule has 11 nitrogen and oxygen atoms in total. The highest BCUT2D eigenvalue weighted by atomic mass is 32.2. The Morgan fingerprint density at radius 2 is 1.73 bits per heavy atom. The maximum absolute atomic E-state index is 12.9. The Morgan fingerprint density at radius 3 is 2.39 bits per heavy atom. The van der Waals surface area contributed by atoms with Crippen LogP contribution in [0.1, 0.15) is 5.56 Å². The van der Waals surface area contributed by atoms with E-state index in [0.29, 0.717) is 0 Å². The Hall–Kier alpha value is -2.84. The third-order valence-corrected chi connectivity index (χ3v) is 6.66. The van der Waals surface area contributed by atoms with Crippen LogP contribution >= 0.6 is 0 Å². The van der Waals surface area contributed by atoms with E-state index in [4.69, 9.17) is 13.7 Å². The summed E-state index contributed by atoms with van der Waals surface area (Å²) in [6, 6.07) is 12.8. The number of rotatable bonds is 10. The van der Waals surface area contributed by atoms with Gasteiger partial charge in [0.2, 0.25) is 10.0 Å². The van der Waals surface area contributed by atoms with Crippen molar-refractivity contribution in [3.05, 3.63) is 82.6 Å². The molecule has 0 unspecified atom stereocenters. The first-order valence-electron chi connectivity index (χ1n) is 9.64. The fraction of sp³-hybridized carbons (Fsp3) is 0.300. The van der Waals surface area contributed by atoms with E-state index in [9.17, 15) is 26.9 Å². The number of para-hydroxylation sites is 1. The number of nitrogens with one attached hydrogen (secondary N) is 1. The molecule has 1 N–H and O–H groups in total. The normalized spacial score (nSPS) is 20.8. The van der Waals surface area contributed by atoms with Crippen LogP contribution in [0.2, 0.25) is 0 Å². The zero-order valence-electron chi connectivity index (χ0n) is 17.4. The van der Waals surface area contributed by atoms with E-state index < -0.39 is 53.9 Å². The van der Waals surface area contributed by atoms with E-state index in [1.165, 1.54) is 24.5 Å². The molecule has 1 heterocycles. The molecule has 0 spiro atoms. The molecule has 1 aliphatic rings. The minimum atomic E-state index is -4.43. The lowest BCUT2D eigenvalue weighted by atomic mass is 10.1. The average Bonchev–Trinajstić information content (AvgIpc) is 2.75. The Balaban J connectivity index is 1.81. The standard InChI is InChI=1S/C20H22N2O9S2/c1-32(25,26)31-20-16(21-33(27,28)19-10-6-5-9-17(19)22(23)24)11-12-30-18(20)14-29-13-15-7-3-2-4-8-15/h2-12,16,18,20-21H,13-14H2,1H3/t16-,18-,20+/m1/s1. The number of nitro groups is 1. The van der Waals surface area contributed by atoms with Crippen molar-refractivity contribution in [3.8, 4) is 0 Å². The first-order chi connectivity index (χ1) is 15.6. The molecular formula is C20H22N2O9S2. The van der Waals surface area contributed by atoms with E-state index in [2.05, 4.69) is 4.72 Å². The maximum atomic E-state index is 12.9. The van der Waals surface area contributed by atoms with Crippen molar-refractivity contribution >= 4 is 25.8 Å². The fourth-order valence-corrected chi connectivity index (χ4v) is 5.18. The van der Waals surface area contributed by atoms with Crippen molar-refractivity contribution in [1.29, 1.82) is 0 Å². The van der Waals surface area contributed by atoms with Crippen LogP contribution in [0.3, 0.4) is 0 Å². The number of sulfonamides is 1. The van der Waals surface area contributed by atoms with Gasteiger partial charge in [0.25, 0.3) is 15.8 Å². The third kappa shape index (κ3) is 6.82. The van der Waals surface area contributed by atoms with Crippen molar-refractivity contribution in [2.75, 3.05) is 12.9 Å². The Labute approximate surface area is 191 Å². The molecule has 0 saturated heterocycles. The number of ether oxygens (including phenoxy) is 2. The minimum Gasteiger partial charge on any atom is -0.493 e. The van der Waals surface area contributed by atoms with Crippen LogP contribution in [-0.2, 0) is 40.4 Å². The highest BCUT2D eigenvalue weighted by molar-refractivity contribution is 7.89. The highest BCUT2D eigenvalue weighted by Crippen LogP contribution is 2.25. The second kappa shape index (κ2) is 10.4. The van der Waals surface area contributed by atoms with Gasteiger partial charge in [0.05, 0.1) is 36.7 Å². The largest absolute Gasteiger partial charge is 0.493 e. The molecule has 33 heavy (non-hydrogen) atoms. The number of nitro benzene ring substituents is 1. The number of hydrogen-bond acceptors (Lipinski definition) is 9. The van der Waals surface area contributed by atoms with Crippen molar-refractivity contribution in [2.45, 2.75) is 29.8 Å². The first-order valence-corrected chi connectivity index (χ1v) is 12.9. The van der Waals surface area contributed by atoms with Gasteiger partial charge < -0.3 is 9.47 Å². The summed E-state index contributed by atoms with van der Waals surface area (Å²) in [6.45, 7) is 0.103. The predicted octanol–water partition coefficient (Wildman–Crippen LogP) is 1.72. The van der Waals surface area contributed by atoms with E-state index >= 15 is 0 Å². The molecule has 3 atom stereocenters. The van der Waals surface area contributed by atoms with Gasteiger partial charge in [0, 0.05) is 6.07 Å². The van der Waals surface area contributed by atoms with Crippen LogP contribution in [-0.4, -0.2) is 52.9 Å². The van der Waals surface area contributed by atoms with Gasteiger partial charge in [-0.05, 0) is 17.7 Å². The summed E-state index contributed by atoms with van der Waals surface area (Å²) in [6.07, 6.45) is 0.979. The molecule has 2 aromatic carbocycles. The number of benzene rings is 2. The summed E-state index contributed by atoms with van der Waals surface area (Å²) in [5.41, 5.74) is 0.252. The number of nitrogens with zero attached hydrogens (tertiary/aromatic N) is 1. The molecule has 2 aromatic rings. The van der Waals surface area contributed by atoms with Gasteiger partial charge in [0.1, 0.15) is 6.10 Å². The fourth-order valence-electron chi connectivity index (χ4n) is 3.16. The van der Waals surface area contributed by atoms with Crippen LogP contribution in [0.5, 0.6) is 0 Å². The molecule has 1 aliphatic heterocycles. The second-order valence-corrected chi connectivity index (χ2v) is 10.4. The van der Waals surface area contributed by atoms with Crippen molar-refractivity contribution in [1.82, 2.24) is 4.72 Å². The molecule has 0 aromatic heterocycles. The zero-order valence-corrected chi connectivity index (χ0v) is 19.1. The van der Waals surface area contributed by atoms with Gasteiger partial charge >= 0.3 is 0 Å². The Bertz CT molecular complexity index is 1220. The topological polar surface area (TPSA) is 151 Å². The first kappa shape index (κ1) is 24.8. The van der Waals surface area contributed by atoms with E-state index in [-0.39, 0.29) is 13.2 Å². The summed E-state index contributed by atoms with van der Waals surface area (Å²) in [4.78, 5) is 9.87. The lowest BCUT2D eigenvalue weighted by molar-refractivity contribution is -0.387. The second-order valence-electron chi connectivity index (χ2n) is 7.14. The SMILES string of the molecule is CS(=O)(=O)O[C@H]1[C@H](NS(=O)(=O)c2ccccc2[N+](=O)[O-])C=CO[C@@H]1COCc1ccccc1. The molecule has 13 heteroatoms. The number of hydrogen-bond donors (Lipinski definition) is 1. The molecule has 0 fully saturated rings. The van der Waals surface area contributed by atoms with Crippen molar-refractivity contribution in [2.24, 2.45) is 0 Å². The van der Waals surface area contributed by atoms with Gasteiger partial charge in [-0.15, -0.1) is 0 Å². The van der Waals surface area contributed by atoms with Crippen LogP contribution in [0, 0.1) is 10.1 Å². The molecule has 0 radical (unpaired) electrons. The smallest absolute Gasteiger partial charge is 0.289 e. The highest BCUT2D eigenvalue weighted by Gasteiger charge is 2.39. The predicted molar refractivity (Wildman–Crippen MR) is 117 cm³/mol. The Kier molecular flexibility index (Phi) is 7.81.